The van der Waals surface area contributed by atoms with Gasteiger partial charge in [0.1, 0.15) is 0 Å². The maximum atomic E-state index is 10.8. The van der Waals surface area contributed by atoms with Crippen molar-refractivity contribution in [2.45, 2.75) is 32.9 Å². The summed E-state index contributed by atoms with van der Waals surface area (Å²) in [5, 5.41) is 9.44. The highest BCUT2D eigenvalue weighted by Gasteiger charge is 2.26. The molecular formula is C14H18ClNO2. The van der Waals surface area contributed by atoms with Crippen molar-refractivity contribution in [2.24, 2.45) is 5.92 Å². The number of hydrogen-bond donors (Lipinski definition) is 1. The van der Waals surface area contributed by atoms with Crippen LogP contribution in [0.15, 0.2) is 18.2 Å². The number of hydrogen-bond acceptors (Lipinski definition) is 2. The molecule has 1 heterocycles. The molecule has 0 aromatic heterocycles. The Labute approximate surface area is 112 Å². The van der Waals surface area contributed by atoms with Crippen molar-refractivity contribution >= 4 is 17.6 Å². The van der Waals surface area contributed by atoms with Crippen LogP contribution in [0.3, 0.4) is 0 Å². The minimum Gasteiger partial charge on any atom is -0.478 e. The van der Waals surface area contributed by atoms with Gasteiger partial charge in [-0.1, -0.05) is 24.6 Å². The molecule has 1 N–H and O–H groups in total. The van der Waals surface area contributed by atoms with Gasteiger partial charge >= 0.3 is 5.97 Å². The van der Waals surface area contributed by atoms with Crippen LogP contribution in [-0.4, -0.2) is 28.6 Å². The van der Waals surface area contributed by atoms with E-state index in [-0.39, 0.29) is 5.56 Å². The van der Waals surface area contributed by atoms with Gasteiger partial charge in [0.15, 0.2) is 0 Å². The molecule has 2 atom stereocenters. The number of carboxylic acids is 1. The Bertz CT molecular complexity index is 461. The van der Waals surface area contributed by atoms with E-state index in [0.29, 0.717) is 11.1 Å². The Hall–Kier alpha value is -1.06. The van der Waals surface area contributed by atoms with E-state index >= 15 is 0 Å². The average molecular weight is 268 g/mol. The van der Waals surface area contributed by atoms with E-state index in [4.69, 9.17) is 16.7 Å². The third-order valence-corrected chi connectivity index (χ3v) is 3.94. The van der Waals surface area contributed by atoms with Crippen molar-refractivity contribution in [3.63, 3.8) is 0 Å². The summed E-state index contributed by atoms with van der Waals surface area (Å²) in [4.78, 5) is 13.2. The first-order chi connectivity index (χ1) is 8.47. The molecular weight excluding hydrogens is 250 g/mol. The lowest BCUT2D eigenvalue weighted by atomic mass is 10.1. The fourth-order valence-electron chi connectivity index (χ4n) is 2.63. The number of halogens is 1. The van der Waals surface area contributed by atoms with Gasteiger partial charge < -0.3 is 5.11 Å². The van der Waals surface area contributed by atoms with Gasteiger partial charge in [-0.05, 0) is 37.0 Å². The standard InChI is InChI=1S/C14H18ClNO2/c1-9-5-10(2)16(7-9)8-12-4-3-11(14(17)18)6-13(12)15/h3-4,6,9-10H,5,7-8H2,1-2H3,(H,17,18). The largest absolute Gasteiger partial charge is 0.478 e. The maximum absolute atomic E-state index is 10.8. The first kappa shape index (κ1) is 13.4. The van der Waals surface area contributed by atoms with E-state index in [2.05, 4.69) is 18.7 Å². The molecule has 0 spiro atoms. The molecule has 1 aliphatic heterocycles. The first-order valence-corrected chi connectivity index (χ1v) is 6.61. The van der Waals surface area contributed by atoms with Crippen molar-refractivity contribution < 1.29 is 9.90 Å². The fraction of sp³-hybridized carbons (Fsp3) is 0.500. The molecule has 0 aliphatic carbocycles. The molecule has 0 amide bonds. The fourth-order valence-corrected chi connectivity index (χ4v) is 2.87. The topological polar surface area (TPSA) is 40.5 Å². The Morgan fingerprint density at radius 3 is 2.72 bits per heavy atom. The van der Waals surface area contributed by atoms with Gasteiger partial charge in [0.25, 0.3) is 0 Å². The van der Waals surface area contributed by atoms with Crippen molar-refractivity contribution in [3.05, 3.63) is 34.3 Å². The molecule has 4 heteroatoms. The van der Waals surface area contributed by atoms with Crippen LogP contribution in [0.4, 0.5) is 0 Å². The monoisotopic (exact) mass is 267 g/mol. The Kier molecular flexibility index (Phi) is 3.93. The van der Waals surface area contributed by atoms with Crippen LogP contribution in [-0.2, 0) is 6.54 Å². The van der Waals surface area contributed by atoms with Crippen LogP contribution in [0.5, 0.6) is 0 Å². The second-order valence-electron chi connectivity index (χ2n) is 5.23. The van der Waals surface area contributed by atoms with Gasteiger partial charge in [-0.15, -0.1) is 0 Å². The highest BCUT2D eigenvalue weighted by molar-refractivity contribution is 6.31. The lowest BCUT2D eigenvalue weighted by molar-refractivity contribution is 0.0697. The van der Waals surface area contributed by atoms with Gasteiger partial charge in [0.05, 0.1) is 5.56 Å². The summed E-state index contributed by atoms with van der Waals surface area (Å²) >= 11 is 6.15. The quantitative estimate of drug-likeness (QED) is 0.914. The summed E-state index contributed by atoms with van der Waals surface area (Å²) in [6.07, 6.45) is 1.21. The van der Waals surface area contributed by atoms with Crippen LogP contribution in [0.1, 0.15) is 36.2 Å². The lowest BCUT2D eigenvalue weighted by Gasteiger charge is -2.21. The number of carbonyl (C=O) groups is 1. The van der Waals surface area contributed by atoms with Crippen LogP contribution in [0.2, 0.25) is 5.02 Å². The molecule has 18 heavy (non-hydrogen) atoms. The molecule has 1 aromatic carbocycles. The van der Waals surface area contributed by atoms with Crippen LogP contribution >= 0.6 is 11.6 Å². The number of likely N-dealkylation sites (tertiary alicyclic amines) is 1. The molecule has 0 radical (unpaired) electrons. The zero-order valence-electron chi connectivity index (χ0n) is 10.7. The van der Waals surface area contributed by atoms with Gasteiger partial charge in [-0.25, -0.2) is 4.79 Å². The Morgan fingerprint density at radius 1 is 1.50 bits per heavy atom. The summed E-state index contributed by atoms with van der Waals surface area (Å²) in [5.74, 6) is -0.219. The van der Waals surface area contributed by atoms with Gasteiger partial charge in [-0.2, -0.15) is 0 Å². The molecule has 0 saturated carbocycles. The number of rotatable bonds is 3. The number of carboxylic acid groups (broad SMARTS) is 1. The smallest absolute Gasteiger partial charge is 0.335 e. The van der Waals surface area contributed by atoms with E-state index in [9.17, 15) is 4.79 Å². The molecule has 2 rings (SSSR count). The summed E-state index contributed by atoms with van der Waals surface area (Å²) in [6.45, 7) is 6.36. The van der Waals surface area contributed by atoms with Crippen molar-refractivity contribution in [2.75, 3.05) is 6.54 Å². The van der Waals surface area contributed by atoms with E-state index < -0.39 is 5.97 Å². The predicted molar refractivity (Wildman–Crippen MR) is 72.1 cm³/mol. The summed E-state index contributed by atoms with van der Waals surface area (Å²) < 4.78 is 0. The third kappa shape index (κ3) is 2.85. The second kappa shape index (κ2) is 5.29. The molecule has 1 saturated heterocycles. The minimum atomic E-state index is -0.938. The summed E-state index contributed by atoms with van der Waals surface area (Å²) in [5.41, 5.74) is 1.24. The second-order valence-corrected chi connectivity index (χ2v) is 5.64. The molecule has 0 bridgehead atoms. The van der Waals surface area contributed by atoms with E-state index in [1.165, 1.54) is 12.5 Å². The summed E-state index contributed by atoms with van der Waals surface area (Å²) in [7, 11) is 0. The van der Waals surface area contributed by atoms with E-state index in [1.54, 1.807) is 6.07 Å². The number of benzene rings is 1. The highest BCUT2D eigenvalue weighted by Crippen LogP contribution is 2.27. The Balaban J connectivity index is 2.12. The SMILES string of the molecule is CC1CC(C)N(Cc2ccc(C(=O)O)cc2Cl)C1. The van der Waals surface area contributed by atoms with Crippen LogP contribution in [0.25, 0.3) is 0 Å². The number of aromatic carboxylic acids is 1. The predicted octanol–water partition coefficient (Wildman–Crippen LogP) is 3.27. The normalized spacial score (nSPS) is 24.4. The zero-order chi connectivity index (χ0) is 13.3. The Morgan fingerprint density at radius 2 is 2.22 bits per heavy atom. The van der Waals surface area contributed by atoms with Gasteiger partial charge in [0, 0.05) is 24.2 Å². The van der Waals surface area contributed by atoms with Gasteiger partial charge in [0.2, 0.25) is 0 Å². The highest BCUT2D eigenvalue weighted by atomic mass is 35.5. The zero-order valence-corrected chi connectivity index (χ0v) is 11.4. The molecule has 98 valence electrons. The van der Waals surface area contributed by atoms with Crippen LogP contribution in [0, 0.1) is 5.92 Å². The van der Waals surface area contributed by atoms with Gasteiger partial charge in [-0.3, -0.25) is 4.90 Å². The minimum absolute atomic E-state index is 0.242. The van der Waals surface area contributed by atoms with Crippen molar-refractivity contribution in [1.29, 1.82) is 0 Å². The molecule has 1 aromatic rings. The number of nitrogens with zero attached hydrogens (tertiary/aromatic N) is 1. The molecule has 2 unspecified atom stereocenters. The maximum Gasteiger partial charge on any atom is 0.335 e. The van der Waals surface area contributed by atoms with Crippen molar-refractivity contribution in [3.8, 4) is 0 Å². The lowest BCUT2D eigenvalue weighted by Crippen LogP contribution is -2.26. The molecule has 1 aliphatic rings. The van der Waals surface area contributed by atoms with E-state index in [1.807, 2.05) is 6.07 Å². The van der Waals surface area contributed by atoms with E-state index in [0.717, 1.165) is 24.6 Å². The van der Waals surface area contributed by atoms with Crippen LogP contribution < -0.4 is 0 Å². The third-order valence-electron chi connectivity index (χ3n) is 3.59. The van der Waals surface area contributed by atoms with Crippen molar-refractivity contribution in [1.82, 2.24) is 4.90 Å². The molecule has 3 nitrogen and oxygen atoms in total. The summed E-state index contributed by atoms with van der Waals surface area (Å²) in [6, 6.07) is 5.54. The molecule has 1 fully saturated rings. The average Bonchev–Trinajstić information content (AvgIpc) is 2.60. The first-order valence-electron chi connectivity index (χ1n) is 6.23.